The number of aliphatic carboxylic acids is 1. The Morgan fingerprint density at radius 2 is 2.24 bits per heavy atom. The molecule has 1 aromatic heterocycles. The van der Waals surface area contributed by atoms with Gasteiger partial charge in [0.1, 0.15) is 5.82 Å². The van der Waals surface area contributed by atoms with Gasteiger partial charge < -0.3 is 15.0 Å². The van der Waals surface area contributed by atoms with Gasteiger partial charge in [-0.2, -0.15) is 0 Å². The molecular weight excluding hydrogens is 216 g/mol. The van der Waals surface area contributed by atoms with Crippen molar-refractivity contribution in [1.82, 2.24) is 4.57 Å². The zero-order valence-corrected chi connectivity index (χ0v) is 9.60. The molecule has 0 radical (unpaired) electrons. The van der Waals surface area contributed by atoms with Crippen LogP contribution in [0.3, 0.4) is 0 Å². The lowest BCUT2D eigenvalue weighted by atomic mass is 9.95. The van der Waals surface area contributed by atoms with Crippen molar-refractivity contribution in [3.63, 3.8) is 0 Å². The van der Waals surface area contributed by atoms with Crippen LogP contribution in [0.5, 0.6) is 0 Å². The summed E-state index contributed by atoms with van der Waals surface area (Å²) in [6.07, 6.45) is 0.610. The maximum Gasteiger partial charge on any atom is 0.308 e. The number of hydrogen-bond donors (Lipinski definition) is 2. The summed E-state index contributed by atoms with van der Waals surface area (Å²) in [6, 6.07) is 8.11. The van der Waals surface area contributed by atoms with E-state index in [0.717, 1.165) is 22.3 Å². The molecule has 4 nitrogen and oxygen atoms in total. The molecular formula is C13H14N2O2. The molecule has 3 rings (SSSR count). The summed E-state index contributed by atoms with van der Waals surface area (Å²) in [5.74, 6) is 0.00749. The van der Waals surface area contributed by atoms with Crippen LogP contribution in [-0.2, 0) is 18.3 Å². The lowest BCUT2D eigenvalue weighted by Crippen LogP contribution is -2.29. The number of aromatic nitrogens is 1. The van der Waals surface area contributed by atoms with Crippen molar-refractivity contribution < 1.29 is 9.90 Å². The van der Waals surface area contributed by atoms with E-state index in [1.165, 1.54) is 0 Å². The van der Waals surface area contributed by atoms with Crippen LogP contribution in [0.2, 0.25) is 0 Å². The van der Waals surface area contributed by atoms with Gasteiger partial charge in [-0.25, -0.2) is 0 Å². The predicted molar refractivity (Wildman–Crippen MR) is 66.2 cm³/mol. The van der Waals surface area contributed by atoms with E-state index < -0.39 is 5.97 Å². The summed E-state index contributed by atoms with van der Waals surface area (Å²) in [6.45, 7) is 0.506. The zero-order chi connectivity index (χ0) is 12.0. The van der Waals surface area contributed by atoms with Crippen LogP contribution in [-0.4, -0.2) is 22.2 Å². The van der Waals surface area contributed by atoms with Crippen LogP contribution in [0.25, 0.3) is 10.9 Å². The van der Waals surface area contributed by atoms with Crippen LogP contribution in [0, 0.1) is 5.92 Å². The first kappa shape index (κ1) is 10.2. The van der Waals surface area contributed by atoms with Crippen LogP contribution in [0.1, 0.15) is 5.56 Å². The fourth-order valence-electron chi connectivity index (χ4n) is 2.62. The average Bonchev–Trinajstić information content (AvgIpc) is 2.64. The van der Waals surface area contributed by atoms with Crippen molar-refractivity contribution in [3.8, 4) is 0 Å². The zero-order valence-electron chi connectivity index (χ0n) is 9.60. The maximum atomic E-state index is 11.1. The van der Waals surface area contributed by atoms with Gasteiger partial charge in [0.25, 0.3) is 0 Å². The van der Waals surface area contributed by atoms with Crippen molar-refractivity contribution in [2.24, 2.45) is 13.0 Å². The summed E-state index contributed by atoms with van der Waals surface area (Å²) in [4.78, 5) is 11.1. The van der Waals surface area contributed by atoms with E-state index in [1.807, 2.05) is 19.2 Å². The molecule has 0 spiro atoms. The van der Waals surface area contributed by atoms with E-state index >= 15 is 0 Å². The van der Waals surface area contributed by atoms with E-state index in [0.29, 0.717) is 13.0 Å². The first-order valence-corrected chi connectivity index (χ1v) is 5.71. The molecule has 88 valence electrons. The van der Waals surface area contributed by atoms with Gasteiger partial charge >= 0.3 is 5.97 Å². The molecule has 0 saturated carbocycles. The fraction of sp³-hybridized carbons (Fsp3) is 0.308. The predicted octanol–water partition coefficient (Wildman–Crippen LogP) is 1.85. The van der Waals surface area contributed by atoms with E-state index in [9.17, 15) is 4.79 Å². The highest BCUT2D eigenvalue weighted by Crippen LogP contribution is 2.34. The minimum Gasteiger partial charge on any atom is -0.481 e. The quantitative estimate of drug-likeness (QED) is 0.786. The largest absolute Gasteiger partial charge is 0.481 e. The molecule has 2 aromatic rings. The molecule has 1 aliphatic rings. The molecule has 4 heteroatoms. The highest BCUT2D eigenvalue weighted by molar-refractivity contribution is 5.91. The lowest BCUT2D eigenvalue weighted by Gasteiger charge is -2.21. The van der Waals surface area contributed by atoms with Crippen molar-refractivity contribution in [1.29, 1.82) is 0 Å². The number of fused-ring (bicyclic) bond motifs is 3. The van der Waals surface area contributed by atoms with Crippen LogP contribution >= 0.6 is 0 Å². The first-order valence-electron chi connectivity index (χ1n) is 5.71. The van der Waals surface area contributed by atoms with Crippen molar-refractivity contribution >= 4 is 22.7 Å². The fourth-order valence-corrected chi connectivity index (χ4v) is 2.62. The molecule has 0 aliphatic carbocycles. The summed E-state index contributed by atoms with van der Waals surface area (Å²) in [5.41, 5.74) is 2.28. The number of carboxylic acids is 1. The molecule has 0 saturated heterocycles. The van der Waals surface area contributed by atoms with Crippen molar-refractivity contribution in [2.75, 3.05) is 11.9 Å². The van der Waals surface area contributed by atoms with Crippen LogP contribution < -0.4 is 5.32 Å². The Bertz CT molecular complexity index is 601. The van der Waals surface area contributed by atoms with Gasteiger partial charge in [-0.3, -0.25) is 4.79 Å². The Kier molecular flexibility index (Phi) is 2.11. The molecule has 2 heterocycles. The van der Waals surface area contributed by atoms with Crippen molar-refractivity contribution in [3.05, 3.63) is 29.8 Å². The number of nitrogens with one attached hydrogen (secondary N) is 1. The lowest BCUT2D eigenvalue weighted by molar-refractivity contribution is -0.141. The number of rotatable bonds is 1. The molecule has 0 bridgehead atoms. The Morgan fingerprint density at radius 3 is 3.00 bits per heavy atom. The number of benzene rings is 1. The standard InChI is InChI=1S/C13H14N2O2/c1-15-11-5-3-2-4-9(11)10-6-8(13(16)17)7-14-12(10)15/h2-5,8,14H,6-7H2,1H3,(H,16,17). The smallest absolute Gasteiger partial charge is 0.308 e. The minimum atomic E-state index is -0.726. The molecule has 1 unspecified atom stereocenters. The Balaban J connectivity index is 2.18. The summed E-state index contributed by atoms with van der Waals surface area (Å²) >= 11 is 0. The minimum absolute atomic E-state index is 0.326. The molecule has 0 amide bonds. The molecule has 0 fully saturated rings. The number of carbonyl (C=O) groups is 1. The molecule has 2 N–H and O–H groups in total. The Labute approximate surface area is 98.9 Å². The summed E-state index contributed by atoms with van der Waals surface area (Å²) in [5, 5.41) is 13.5. The molecule has 1 aromatic carbocycles. The van der Waals surface area contributed by atoms with Crippen LogP contribution in [0.15, 0.2) is 24.3 Å². The van der Waals surface area contributed by atoms with E-state index in [-0.39, 0.29) is 5.92 Å². The summed E-state index contributed by atoms with van der Waals surface area (Å²) in [7, 11) is 2.01. The van der Waals surface area contributed by atoms with Gasteiger partial charge in [0.05, 0.1) is 5.92 Å². The topological polar surface area (TPSA) is 54.3 Å². The number of para-hydroxylation sites is 1. The highest BCUT2D eigenvalue weighted by Gasteiger charge is 2.27. The number of nitrogens with zero attached hydrogens (tertiary/aromatic N) is 1. The van der Waals surface area contributed by atoms with E-state index in [4.69, 9.17) is 5.11 Å². The monoisotopic (exact) mass is 230 g/mol. The second kappa shape index (κ2) is 3.52. The third-order valence-electron chi connectivity index (χ3n) is 3.53. The van der Waals surface area contributed by atoms with Gasteiger partial charge in [0.2, 0.25) is 0 Å². The van der Waals surface area contributed by atoms with Gasteiger partial charge in [-0.1, -0.05) is 18.2 Å². The molecule has 1 aliphatic heterocycles. The second-order valence-corrected chi connectivity index (χ2v) is 4.52. The summed E-state index contributed by atoms with van der Waals surface area (Å²) < 4.78 is 2.10. The SMILES string of the molecule is Cn1c2c(c3ccccc31)CC(C(=O)O)CN2. The van der Waals surface area contributed by atoms with Gasteiger partial charge in [0.15, 0.2) is 0 Å². The Morgan fingerprint density at radius 1 is 1.47 bits per heavy atom. The number of carboxylic acid groups (broad SMARTS) is 1. The van der Waals surface area contributed by atoms with E-state index in [1.54, 1.807) is 0 Å². The van der Waals surface area contributed by atoms with Gasteiger partial charge in [-0.15, -0.1) is 0 Å². The third-order valence-corrected chi connectivity index (χ3v) is 3.53. The number of aryl methyl sites for hydroxylation is 1. The second-order valence-electron chi connectivity index (χ2n) is 4.52. The normalized spacial score (nSPS) is 18.8. The number of anilines is 1. The van der Waals surface area contributed by atoms with E-state index in [2.05, 4.69) is 22.0 Å². The third kappa shape index (κ3) is 1.40. The maximum absolute atomic E-state index is 11.1. The number of hydrogen-bond acceptors (Lipinski definition) is 2. The molecule has 17 heavy (non-hydrogen) atoms. The van der Waals surface area contributed by atoms with Gasteiger partial charge in [0, 0.05) is 30.1 Å². The van der Waals surface area contributed by atoms with Crippen LogP contribution in [0.4, 0.5) is 5.82 Å². The average molecular weight is 230 g/mol. The first-order chi connectivity index (χ1) is 8.18. The molecule has 1 atom stereocenters. The Hall–Kier alpha value is -1.97. The van der Waals surface area contributed by atoms with Crippen molar-refractivity contribution in [2.45, 2.75) is 6.42 Å². The van der Waals surface area contributed by atoms with Gasteiger partial charge in [-0.05, 0) is 12.5 Å². The highest BCUT2D eigenvalue weighted by atomic mass is 16.4.